The van der Waals surface area contributed by atoms with E-state index in [-0.39, 0.29) is 22.8 Å². The monoisotopic (exact) mass is 252 g/mol. The second-order valence-electron chi connectivity index (χ2n) is 4.82. The molecule has 1 saturated heterocycles. The van der Waals surface area contributed by atoms with Gasteiger partial charge in [-0.15, -0.1) is 0 Å². The lowest BCUT2D eigenvalue weighted by Gasteiger charge is -2.23. The first-order valence-electron chi connectivity index (χ1n) is 5.97. The topological polar surface area (TPSA) is 64.4 Å². The van der Waals surface area contributed by atoms with Crippen LogP contribution in [0.5, 0.6) is 0 Å². The molecule has 1 aromatic carbocycles. The minimum absolute atomic E-state index is 0.0395. The number of anilines is 1. The van der Waals surface area contributed by atoms with Gasteiger partial charge < -0.3 is 15.8 Å². The van der Waals surface area contributed by atoms with Crippen LogP contribution in [0, 0.1) is 5.82 Å². The molecule has 0 saturated carbocycles. The number of nitrogens with two attached hydrogens (primary N) is 1. The average molecular weight is 252 g/mol. The molecule has 0 aliphatic carbocycles. The molecular formula is C13H17FN2O2. The van der Waals surface area contributed by atoms with Crippen LogP contribution in [-0.4, -0.2) is 24.7 Å². The third kappa shape index (κ3) is 2.79. The van der Waals surface area contributed by atoms with Crippen LogP contribution in [0.3, 0.4) is 0 Å². The highest BCUT2D eigenvalue weighted by Gasteiger charge is 2.30. The van der Waals surface area contributed by atoms with Crippen molar-refractivity contribution in [3.63, 3.8) is 0 Å². The van der Waals surface area contributed by atoms with E-state index in [9.17, 15) is 9.18 Å². The van der Waals surface area contributed by atoms with E-state index < -0.39 is 5.82 Å². The lowest BCUT2D eigenvalue weighted by atomic mass is 10.0. The van der Waals surface area contributed by atoms with Gasteiger partial charge in [0, 0.05) is 18.7 Å². The summed E-state index contributed by atoms with van der Waals surface area (Å²) >= 11 is 0. The summed E-state index contributed by atoms with van der Waals surface area (Å²) in [7, 11) is 0. The standard InChI is InChI=1S/C13H17FN2O2/c1-13(5-2-6-18-13)8-16-12(17)9-3-4-11(15)10(14)7-9/h3-4,7H,2,5-6,8,15H2,1H3,(H,16,17). The summed E-state index contributed by atoms with van der Waals surface area (Å²) < 4.78 is 18.8. The SMILES string of the molecule is CC1(CNC(=O)c2ccc(N)c(F)c2)CCCO1. The zero-order valence-electron chi connectivity index (χ0n) is 10.3. The number of hydrogen-bond acceptors (Lipinski definition) is 3. The van der Waals surface area contributed by atoms with Crippen LogP contribution in [0.15, 0.2) is 18.2 Å². The van der Waals surface area contributed by atoms with Gasteiger partial charge in [0.15, 0.2) is 0 Å². The number of benzene rings is 1. The first-order valence-corrected chi connectivity index (χ1v) is 5.97. The number of ether oxygens (including phenoxy) is 1. The van der Waals surface area contributed by atoms with Gasteiger partial charge >= 0.3 is 0 Å². The number of rotatable bonds is 3. The third-order valence-electron chi connectivity index (χ3n) is 3.19. The molecule has 1 fully saturated rings. The van der Waals surface area contributed by atoms with Gasteiger partial charge in [-0.3, -0.25) is 4.79 Å². The third-order valence-corrected chi connectivity index (χ3v) is 3.19. The molecule has 1 unspecified atom stereocenters. The fourth-order valence-corrected chi connectivity index (χ4v) is 2.01. The van der Waals surface area contributed by atoms with Crippen LogP contribution in [0.4, 0.5) is 10.1 Å². The van der Waals surface area contributed by atoms with E-state index >= 15 is 0 Å². The Labute approximate surface area is 105 Å². The Morgan fingerprint density at radius 1 is 1.61 bits per heavy atom. The predicted molar refractivity (Wildman–Crippen MR) is 66.7 cm³/mol. The predicted octanol–water partition coefficient (Wildman–Crippen LogP) is 1.71. The molecule has 0 spiro atoms. The molecular weight excluding hydrogens is 235 g/mol. The number of hydrogen-bond donors (Lipinski definition) is 2. The Hall–Kier alpha value is -1.62. The second-order valence-corrected chi connectivity index (χ2v) is 4.82. The van der Waals surface area contributed by atoms with Crippen LogP contribution in [-0.2, 0) is 4.74 Å². The van der Waals surface area contributed by atoms with Gasteiger partial charge in [0.1, 0.15) is 5.82 Å². The minimum Gasteiger partial charge on any atom is -0.396 e. The van der Waals surface area contributed by atoms with E-state index in [1.165, 1.54) is 12.1 Å². The first kappa shape index (κ1) is 12.8. The molecule has 1 aliphatic heterocycles. The van der Waals surface area contributed by atoms with Crippen molar-refractivity contribution in [3.05, 3.63) is 29.6 Å². The summed E-state index contributed by atoms with van der Waals surface area (Å²) in [5, 5.41) is 2.76. The van der Waals surface area contributed by atoms with Crippen molar-refractivity contribution in [1.29, 1.82) is 0 Å². The molecule has 18 heavy (non-hydrogen) atoms. The Morgan fingerprint density at radius 3 is 3.00 bits per heavy atom. The average Bonchev–Trinajstić information content (AvgIpc) is 2.77. The van der Waals surface area contributed by atoms with Crippen molar-refractivity contribution in [2.75, 3.05) is 18.9 Å². The van der Waals surface area contributed by atoms with Crippen molar-refractivity contribution in [2.45, 2.75) is 25.4 Å². The maximum Gasteiger partial charge on any atom is 0.251 e. The van der Waals surface area contributed by atoms with Crippen molar-refractivity contribution in [1.82, 2.24) is 5.32 Å². The summed E-state index contributed by atoms with van der Waals surface area (Å²) in [6.45, 7) is 3.12. The summed E-state index contributed by atoms with van der Waals surface area (Å²) in [5.74, 6) is -0.892. The Morgan fingerprint density at radius 2 is 2.39 bits per heavy atom. The van der Waals surface area contributed by atoms with Crippen molar-refractivity contribution in [2.24, 2.45) is 0 Å². The number of nitrogens with one attached hydrogen (secondary N) is 1. The van der Waals surface area contributed by atoms with Crippen LogP contribution in [0.25, 0.3) is 0 Å². The zero-order chi connectivity index (χ0) is 13.2. The zero-order valence-corrected chi connectivity index (χ0v) is 10.3. The molecule has 2 rings (SSSR count). The van der Waals surface area contributed by atoms with Gasteiger partial charge in [0.2, 0.25) is 0 Å². The van der Waals surface area contributed by atoms with E-state index in [1.54, 1.807) is 0 Å². The van der Waals surface area contributed by atoms with E-state index in [0.29, 0.717) is 6.54 Å². The Bertz CT molecular complexity index is 456. The van der Waals surface area contributed by atoms with Gasteiger partial charge in [-0.05, 0) is 38.0 Å². The maximum absolute atomic E-state index is 13.2. The van der Waals surface area contributed by atoms with E-state index in [2.05, 4.69) is 5.32 Å². The van der Waals surface area contributed by atoms with E-state index in [1.807, 2.05) is 6.92 Å². The first-order chi connectivity index (χ1) is 8.50. The number of carbonyl (C=O) groups excluding carboxylic acids is 1. The molecule has 1 amide bonds. The van der Waals surface area contributed by atoms with Crippen LogP contribution >= 0.6 is 0 Å². The van der Waals surface area contributed by atoms with Gasteiger partial charge in [-0.2, -0.15) is 0 Å². The summed E-state index contributed by atoms with van der Waals surface area (Å²) in [6.07, 6.45) is 1.92. The molecule has 4 nitrogen and oxygen atoms in total. The van der Waals surface area contributed by atoms with Gasteiger partial charge in [0.25, 0.3) is 5.91 Å². The van der Waals surface area contributed by atoms with Crippen molar-refractivity contribution < 1.29 is 13.9 Å². The molecule has 98 valence electrons. The normalized spacial score (nSPS) is 23.0. The molecule has 0 aromatic heterocycles. The Balaban J connectivity index is 1.97. The van der Waals surface area contributed by atoms with Gasteiger partial charge in [-0.25, -0.2) is 4.39 Å². The van der Waals surface area contributed by atoms with Crippen molar-refractivity contribution in [3.8, 4) is 0 Å². The van der Waals surface area contributed by atoms with Gasteiger partial charge in [-0.1, -0.05) is 0 Å². The van der Waals surface area contributed by atoms with Crippen LogP contribution in [0.1, 0.15) is 30.1 Å². The molecule has 1 aliphatic rings. The molecule has 1 aromatic rings. The fraction of sp³-hybridized carbons (Fsp3) is 0.462. The van der Waals surface area contributed by atoms with Crippen LogP contribution in [0.2, 0.25) is 0 Å². The maximum atomic E-state index is 13.2. The Kier molecular flexibility index (Phi) is 3.52. The second kappa shape index (κ2) is 4.94. The van der Waals surface area contributed by atoms with E-state index in [4.69, 9.17) is 10.5 Å². The number of amides is 1. The largest absolute Gasteiger partial charge is 0.396 e. The van der Waals surface area contributed by atoms with Crippen molar-refractivity contribution >= 4 is 11.6 Å². The number of carbonyl (C=O) groups is 1. The quantitative estimate of drug-likeness (QED) is 0.805. The highest BCUT2D eigenvalue weighted by Crippen LogP contribution is 2.24. The fourth-order valence-electron chi connectivity index (χ4n) is 2.01. The molecule has 0 radical (unpaired) electrons. The molecule has 1 atom stereocenters. The van der Waals surface area contributed by atoms with Gasteiger partial charge in [0.05, 0.1) is 11.3 Å². The molecule has 1 heterocycles. The highest BCUT2D eigenvalue weighted by molar-refractivity contribution is 5.94. The van der Waals surface area contributed by atoms with Crippen LogP contribution < -0.4 is 11.1 Å². The highest BCUT2D eigenvalue weighted by atomic mass is 19.1. The number of halogens is 1. The number of nitrogen functional groups attached to an aromatic ring is 1. The molecule has 0 bridgehead atoms. The lowest BCUT2D eigenvalue weighted by Crippen LogP contribution is -2.40. The molecule has 5 heteroatoms. The lowest BCUT2D eigenvalue weighted by molar-refractivity contribution is 0.0206. The summed E-state index contributed by atoms with van der Waals surface area (Å²) in [6, 6.07) is 4.03. The minimum atomic E-state index is -0.578. The summed E-state index contributed by atoms with van der Waals surface area (Å²) in [4.78, 5) is 11.8. The summed E-state index contributed by atoms with van der Waals surface area (Å²) in [5.41, 5.74) is 5.36. The van der Waals surface area contributed by atoms with E-state index in [0.717, 1.165) is 25.5 Å². The molecule has 3 N–H and O–H groups in total. The smallest absolute Gasteiger partial charge is 0.251 e.